The van der Waals surface area contributed by atoms with Crippen molar-refractivity contribution in [2.24, 2.45) is 5.92 Å². The van der Waals surface area contributed by atoms with Crippen LogP contribution in [0, 0.1) is 11.7 Å². The summed E-state index contributed by atoms with van der Waals surface area (Å²) < 4.78 is 36.5. The minimum atomic E-state index is -4.14. The van der Waals surface area contributed by atoms with Gasteiger partial charge in [0.15, 0.2) is 0 Å². The molecule has 0 bridgehead atoms. The number of carbonyl (C=O) groups is 1. The number of hydrogen-bond acceptors (Lipinski definition) is 3. The van der Waals surface area contributed by atoms with E-state index in [-0.39, 0.29) is 10.6 Å². The van der Waals surface area contributed by atoms with Crippen molar-refractivity contribution in [1.82, 2.24) is 4.90 Å². The summed E-state index contributed by atoms with van der Waals surface area (Å²) in [6.45, 7) is 0.518. The molecule has 0 heterocycles. The van der Waals surface area contributed by atoms with Crippen LogP contribution in [-0.4, -0.2) is 32.8 Å². The molecule has 1 fully saturated rings. The van der Waals surface area contributed by atoms with Crippen LogP contribution in [0.25, 0.3) is 0 Å². The Bertz CT molecular complexity index is 659. The van der Waals surface area contributed by atoms with Gasteiger partial charge in [0.25, 0.3) is 15.0 Å². The number of benzene rings is 1. The molecule has 1 aliphatic carbocycles. The van der Waals surface area contributed by atoms with Crippen LogP contribution in [0.1, 0.15) is 23.2 Å². The van der Waals surface area contributed by atoms with Gasteiger partial charge in [-0.1, -0.05) is 11.6 Å². The summed E-state index contributed by atoms with van der Waals surface area (Å²) >= 11 is 5.64. The van der Waals surface area contributed by atoms with Crippen LogP contribution in [0.3, 0.4) is 0 Å². The largest absolute Gasteiger partial charge is 0.341 e. The summed E-state index contributed by atoms with van der Waals surface area (Å²) in [7, 11) is 2.61. The maximum absolute atomic E-state index is 13.8. The average Bonchev–Trinajstić information content (AvgIpc) is 3.10. The zero-order valence-corrected chi connectivity index (χ0v) is 12.9. The molecule has 0 atom stereocenters. The van der Waals surface area contributed by atoms with Gasteiger partial charge >= 0.3 is 0 Å². The first-order chi connectivity index (χ1) is 9.20. The number of halogens is 3. The molecule has 1 aromatic rings. The van der Waals surface area contributed by atoms with Gasteiger partial charge in [0.05, 0.1) is 10.6 Å². The standard InChI is InChI=1S/C12H12Cl2FNO3S/c1-16(6-7-2-3-7)12(17)8-4-11(20(14,18)19)9(13)5-10(8)15/h4-5,7H,2-3,6H2,1H3. The summed E-state index contributed by atoms with van der Waals surface area (Å²) in [6.07, 6.45) is 2.09. The molecular formula is C12H12Cl2FNO3S. The van der Waals surface area contributed by atoms with Gasteiger partial charge in [-0.05, 0) is 30.9 Å². The van der Waals surface area contributed by atoms with E-state index >= 15 is 0 Å². The number of hydrogen-bond donors (Lipinski definition) is 0. The fourth-order valence-electron chi connectivity index (χ4n) is 1.86. The topological polar surface area (TPSA) is 54.5 Å². The van der Waals surface area contributed by atoms with Crippen molar-refractivity contribution in [3.05, 3.63) is 28.5 Å². The second-order valence-corrected chi connectivity index (χ2v) is 7.77. The second kappa shape index (κ2) is 5.50. The van der Waals surface area contributed by atoms with Gasteiger partial charge in [-0.15, -0.1) is 0 Å². The van der Waals surface area contributed by atoms with Gasteiger partial charge in [0.2, 0.25) is 0 Å². The first kappa shape index (κ1) is 15.5. The average molecular weight is 340 g/mol. The summed E-state index contributed by atoms with van der Waals surface area (Å²) in [5.41, 5.74) is -0.350. The zero-order valence-electron chi connectivity index (χ0n) is 10.6. The zero-order chi connectivity index (χ0) is 15.1. The normalized spacial score (nSPS) is 15.2. The van der Waals surface area contributed by atoms with E-state index in [1.54, 1.807) is 7.05 Å². The molecule has 8 heteroatoms. The first-order valence-electron chi connectivity index (χ1n) is 5.89. The Morgan fingerprint density at radius 1 is 1.45 bits per heavy atom. The number of rotatable bonds is 4. The van der Waals surface area contributed by atoms with Crippen molar-refractivity contribution < 1.29 is 17.6 Å². The molecule has 1 aliphatic rings. The summed E-state index contributed by atoms with van der Waals surface area (Å²) in [6, 6.07) is 1.67. The predicted octanol–water partition coefficient (Wildman–Crippen LogP) is 2.89. The van der Waals surface area contributed by atoms with Gasteiger partial charge in [-0.2, -0.15) is 0 Å². The lowest BCUT2D eigenvalue weighted by molar-refractivity contribution is 0.0784. The Balaban J connectivity index is 2.37. The fraction of sp³-hybridized carbons (Fsp3) is 0.417. The summed E-state index contributed by atoms with van der Waals surface area (Å²) in [5, 5.41) is -0.348. The van der Waals surface area contributed by atoms with Crippen molar-refractivity contribution >= 4 is 37.2 Å². The molecule has 1 aromatic carbocycles. The molecule has 20 heavy (non-hydrogen) atoms. The lowest BCUT2D eigenvalue weighted by Gasteiger charge is -2.17. The van der Waals surface area contributed by atoms with Gasteiger partial charge in [0.1, 0.15) is 10.7 Å². The molecule has 0 saturated heterocycles. The number of nitrogens with zero attached hydrogens (tertiary/aromatic N) is 1. The van der Waals surface area contributed by atoms with E-state index in [4.69, 9.17) is 22.3 Å². The van der Waals surface area contributed by atoms with Crippen LogP contribution in [-0.2, 0) is 9.05 Å². The third-order valence-electron chi connectivity index (χ3n) is 3.09. The van der Waals surface area contributed by atoms with E-state index < -0.39 is 25.7 Å². The van der Waals surface area contributed by atoms with E-state index in [2.05, 4.69) is 0 Å². The van der Waals surface area contributed by atoms with Crippen molar-refractivity contribution in [2.75, 3.05) is 13.6 Å². The smallest absolute Gasteiger partial charge is 0.262 e. The highest BCUT2D eigenvalue weighted by atomic mass is 35.7. The Labute approximate surface area is 125 Å². The molecule has 0 aliphatic heterocycles. The maximum atomic E-state index is 13.8. The van der Waals surface area contributed by atoms with Gasteiger partial charge in [-0.25, -0.2) is 12.8 Å². The molecule has 0 spiro atoms. The highest BCUT2D eigenvalue weighted by molar-refractivity contribution is 8.13. The SMILES string of the molecule is CN(CC1CC1)C(=O)c1cc(S(=O)(=O)Cl)c(Cl)cc1F. The third-order valence-corrected chi connectivity index (χ3v) is 4.88. The van der Waals surface area contributed by atoms with Crippen LogP contribution in [0.4, 0.5) is 4.39 Å². The van der Waals surface area contributed by atoms with Crippen LogP contribution in [0.2, 0.25) is 5.02 Å². The highest BCUT2D eigenvalue weighted by Gasteiger charge is 2.28. The lowest BCUT2D eigenvalue weighted by atomic mass is 10.2. The Morgan fingerprint density at radius 2 is 2.05 bits per heavy atom. The summed E-state index contributed by atoms with van der Waals surface area (Å²) in [4.78, 5) is 13.0. The molecule has 0 radical (unpaired) electrons. The quantitative estimate of drug-likeness (QED) is 0.792. The molecule has 110 valence electrons. The summed E-state index contributed by atoms with van der Waals surface area (Å²) in [5.74, 6) is -1.02. The van der Waals surface area contributed by atoms with E-state index in [0.29, 0.717) is 12.5 Å². The molecule has 1 amide bonds. The maximum Gasteiger partial charge on any atom is 0.262 e. The number of carbonyl (C=O) groups excluding carboxylic acids is 1. The third kappa shape index (κ3) is 3.42. The van der Waals surface area contributed by atoms with Crippen molar-refractivity contribution in [3.63, 3.8) is 0 Å². The Morgan fingerprint density at radius 3 is 2.55 bits per heavy atom. The van der Waals surface area contributed by atoms with E-state index in [0.717, 1.165) is 25.0 Å². The van der Waals surface area contributed by atoms with E-state index in [1.165, 1.54) is 4.90 Å². The van der Waals surface area contributed by atoms with E-state index in [9.17, 15) is 17.6 Å². The van der Waals surface area contributed by atoms with Crippen LogP contribution >= 0.6 is 22.3 Å². The van der Waals surface area contributed by atoms with Gasteiger partial charge < -0.3 is 4.90 Å². The van der Waals surface area contributed by atoms with Crippen molar-refractivity contribution in [1.29, 1.82) is 0 Å². The number of amides is 1. The fourth-order valence-corrected chi connectivity index (χ4v) is 3.36. The molecule has 4 nitrogen and oxygen atoms in total. The highest BCUT2D eigenvalue weighted by Crippen LogP contribution is 2.31. The van der Waals surface area contributed by atoms with Crippen molar-refractivity contribution in [3.8, 4) is 0 Å². The van der Waals surface area contributed by atoms with Crippen molar-refractivity contribution in [2.45, 2.75) is 17.7 Å². The molecule has 2 rings (SSSR count). The van der Waals surface area contributed by atoms with Crippen LogP contribution < -0.4 is 0 Å². The van der Waals surface area contributed by atoms with Gasteiger partial charge in [0, 0.05) is 24.3 Å². The molecule has 0 N–H and O–H groups in total. The van der Waals surface area contributed by atoms with Gasteiger partial charge in [-0.3, -0.25) is 4.79 Å². The second-order valence-electron chi connectivity index (χ2n) is 4.83. The van der Waals surface area contributed by atoms with Crippen LogP contribution in [0.5, 0.6) is 0 Å². The van der Waals surface area contributed by atoms with E-state index in [1.807, 2.05) is 0 Å². The molecular weight excluding hydrogens is 328 g/mol. The predicted molar refractivity (Wildman–Crippen MR) is 74.1 cm³/mol. The van der Waals surface area contributed by atoms with Crippen LogP contribution in [0.15, 0.2) is 17.0 Å². The molecule has 0 unspecified atom stereocenters. The minimum absolute atomic E-state index is 0.348. The minimum Gasteiger partial charge on any atom is -0.341 e. The Kier molecular flexibility index (Phi) is 4.27. The Hall–Kier alpha value is -0.850. The lowest BCUT2D eigenvalue weighted by Crippen LogP contribution is -2.29. The molecule has 0 aromatic heterocycles. The monoisotopic (exact) mass is 339 g/mol. The first-order valence-corrected chi connectivity index (χ1v) is 8.58. The molecule has 1 saturated carbocycles.